The second-order valence-corrected chi connectivity index (χ2v) is 4.81. The van der Waals surface area contributed by atoms with Crippen molar-refractivity contribution in [3.05, 3.63) is 0 Å². The zero-order valence-corrected chi connectivity index (χ0v) is 10.0. The molecule has 0 aliphatic carbocycles. The Balaban J connectivity index is 2.23. The molecule has 0 aromatic rings. The lowest BCUT2D eigenvalue weighted by molar-refractivity contribution is -0.155. The van der Waals surface area contributed by atoms with Crippen molar-refractivity contribution in [2.75, 3.05) is 13.2 Å². The molecule has 92 valence electrons. The third-order valence-electron chi connectivity index (χ3n) is 2.05. The number of amides is 1. The Hall–Kier alpha value is -1.10. The monoisotopic (exact) mass is 229 g/mol. The smallest absolute Gasteiger partial charge is 0.325 e. The van der Waals surface area contributed by atoms with Crippen molar-refractivity contribution < 1.29 is 19.1 Å². The SMILES string of the molecule is CC(C)(C)OC(=O)CNC(=O)[C@@H]1CCCO1. The maximum atomic E-state index is 11.5. The Morgan fingerprint density at radius 3 is 2.62 bits per heavy atom. The number of esters is 1. The lowest BCUT2D eigenvalue weighted by Gasteiger charge is -2.19. The molecule has 0 bridgehead atoms. The fourth-order valence-corrected chi connectivity index (χ4v) is 1.44. The van der Waals surface area contributed by atoms with Gasteiger partial charge in [-0.3, -0.25) is 9.59 Å². The number of hydrogen-bond donors (Lipinski definition) is 1. The van der Waals surface area contributed by atoms with Crippen molar-refractivity contribution in [2.24, 2.45) is 0 Å². The van der Waals surface area contributed by atoms with Gasteiger partial charge in [0, 0.05) is 6.61 Å². The molecule has 0 aromatic heterocycles. The Labute approximate surface area is 95.5 Å². The Morgan fingerprint density at radius 2 is 2.12 bits per heavy atom. The summed E-state index contributed by atoms with van der Waals surface area (Å²) in [4.78, 5) is 22.8. The normalized spacial score (nSPS) is 20.6. The van der Waals surface area contributed by atoms with E-state index in [0.29, 0.717) is 6.61 Å². The van der Waals surface area contributed by atoms with Crippen LogP contribution in [0.1, 0.15) is 33.6 Å². The van der Waals surface area contributed by atoms with E-state index in [1.807, 2.05) is 0 Å². The first kappa shape index (κ1) is 13.0. The predicted octanol–water partition coefficient (Wildman–Crippen LogP) is 0.623. The van der Waals surface area contributed by atoms with Crippen LogP contribution in [0.3, 0.4) is 0 Å². The third kappa shape index (κ3) is 4.61. The molecule has 0 saturated carbocycles. The summed E-state index contributed by atoms with van der Waals surface area (Å²) in [7, 11) is 0. The van der Waals surface area contributed by atoms with Crippen LogP contribution in [0.2, 0.25) is 0 Å². The van der Waals surface area contributed by atoms with Gasteiger partial charge in [0.1, 0.15) is 18.2 Å². The fraction of sp³-hybridized carbons (Fsp3) is 0.818. The summed E-state index contributed by atoms with van der Waals surface area (Å²) in [5, 5.41) is 2.51. The molecular weight excluding hydrogens is 210 g/mol. The predicted molar refractivity (Wildman–Crippen MR) is 57.8 cm³/mol. The van der Waals surface area contributed by atoms with Gasteiger partial charge in [-0.05, 0) is 33.6 Å². The lowest BCUT2D eigenvalue weighted by Crippen LogP contribution is -2.39. The summed E-state index contributed by atoms with van der Waals surface area (Å²) < 4.78 is 10.2. The highest BCUT2D eigenvalue weighted by Crippen LogP contribution is 2.11. The molecule has 1 amide bonds. The van der Waals surface area contributed by atoms with Crippen LogP contribution < -0.4 is 5.32 Å². The fourth-order valence-electron chi connectivity index (χ4n) is 1.44. The second-order valence-electron chi connectivity index (χ2n) is 4.81. The summed E-state index contributed by atoms with van der Waals surface area (Å²) in [6, 6.07) is 0. The zero-order valence-electron chi connectivity index (χ0n) is 10.0. The minimum absolute atomic E-state index is 0.101. The molecule has 5 heteroatoms. The highest BCUT2D eigenvalue weighted by atomic mass is 16.6. The van der Waals surface area contributed by atoms with Crippen LogP contribution in [0.5, 0.6) is 0 Å². The third-order valence-corrected chi connectivity index (χ3v) is 2.05. The average Bonchev–Trinajstić information content (AvgIpc) is 2.64. The molecule has 16 heavy (non-hydrogen) atoms. The minimum atomic E-state index is -0.522. The highest BCUT2D eigenvalue weighted by Gasteiger charge is 2.24. The molecular formula is C11H19NO4. The van der Waals surface area contributed by atoms with E-state index in [1.165, 1.54) is 0 Å². The number of nitrogens with one attached hydrogen (secondary N) is 1. The van der Waals surface area contributed by atoms with Gasteiger partial charge in [0.15, 0.2) is 0 Å². The summed E-state index contributed by atoms with van der Waals surface area (Å²) in [5.74, 6) is -0.665. The van der Waals surface area contributed by atoms with Crippen molar-refractivity contribution >= 4 is 11.9 Å². The molecule has 1 fully saturated rings. The van der Waals surface area contributed by atoms with Crippen LogP contribution >= 0.6 is 0 Å². The Bertz CT molecular complexity index is 264. The van der Waals surface area contributed by atoms with Gasteiger partial charge in [-0.1, -0.05) is 0 Å². The molecule has 1 heterocycles. The van der Waals surface area contributed by atoms with Gasteiger partial charge in [0.2, 0.25) is 5.91 Å². The van der Waals surface area contributed by atoms with Crippen molar-refractivity contribution in [1.29, 1.82) is 0 Å². The second kappa shape index (κ2) is 5.30. The number of rotatable bonds is 3. The van der Waals surface area contributed by atoms with Crippen LogP contribution in [-0.4, -0.2) is 36.7 Å². The average molecular weight is 229 g/mol. The van der Waals surface area contributed by atoms with Crippen LogP contribution in [0.25, 0.3) is 0 Å². The first-order valence-corrected chi connectivity index (χ1v) is 5.49. The van der Waals surface area contributed by atoms with Crippen molar-refractivity contribution in [3.63, 3.8) is 0 Å². The Kier molecular flexibility index (Phi) is 4.29. The van der Waals surface area contributed by atoms with E-state index < -0.39 is 17.7 Å². The molecule has 1 aliphatic heterocycles. The van der Waals surface area contributed by atoms with E-state index in [-0.39, 0.29) is 12.5 Å². The van der Waals surface area contributed by atoms with Crippen LogP contribution in [-0.2, 0) is 19.1 Å². The summed E-state index contributed by atoms with van der Waals surface area (Å²) >= 11 is 0. The molecule has 1 N–H and O–H groups in total. The molecule has 0 spiro atoms. The summed E-state index contributed by atoms with van der Waals surface area (Å²) in [5.41, 5.74) is -0.522. The van der Waals surface area contributed by atoms with E-state index in [0.717, 1.165) is 12.8 Å². The lowest BCUT2D eigenvalue weighted by atomic mass is 10.2. The van der Waals surface area contributed by atoms with Gasteiger partial charge >= 0.3 is 5.97 Å². The van der Waals surface area contributed by atoms with Gasteiger partial charge in [-0.25, -0.2) is 0 Å². The molecule has 1 saturated heterocycles. The van der Waals surface area contributed by atoms with Gasteiger partial charge in [-0.2, -0.15) is 0 Å². The zero-order chi connectivity index (χ0) is 12.2. The minimum Gasteiger partial charge on any atom is -0.459 e. The molecule has 1 aliphatic rings. The van der Waals surface area contributed by atoms with Gasteiger partial charge in [0.25, 0.3) is 0 Å². The van der Waals surface area contributed by atoms with Crippen molar-refractivity contribution in [3.8, 4) is 0 Å². The van der Waals surface area contributed by atoms with Crippen molar-refractivity contribution in [1.82, 2.24) is 5.32 Å². The largest absolute Gasteiger partial charge is 0.459 e. The van der Waals surface area contributed by atoms with Crippen LogP contribution in [0, 0.1) is 0 Å². The van der Waals surface area contributed by atoms with E-state index in [2.05, 4.69) is 5.32 Å². The van der Waals surface area contributed by atoms with Crippen LogP contribution in [0.4, 0.5) is 0 Å². The van der Waals surface area contributed by atoms with E-state index in [1.54, 1.807) is 20.8 Å². The first-order valence-electron chi connectivity index (χ1n) is 5.49. The quantitative estimate of drug-likeness (QED) is 0.721. The topological polar surface area (TPSA) is 64.6 Å². The van der Waals surface area contributed by atoms with Gasteiger partial charge in [0.05, 0.1) is 0 Å². The van der Waals surface area contributed by atoms with Crippen LogP contribution in [0.15, 0.2) is 0 Å². The molecule has 0 aromatic carbocycles. The van der Waals surface area contributed by atoms with Gasteiger partial charge in [-0.15, -0.1) is 0 Å². The summed E-state index contributed by atoms with van der Waals surface area (Å²) in [6.45, 7) is 5.87. The molecule has 0 unspecified atom stereocenters. The number of carbonyl (C=O) groups is 2. The molecule has 1 rings (SSSR count). The number of carbonyl (C=O) groups excluding carboxylic acids is 2. The maximum Gasteiger partial charge on any atom is 0.325 e. The molecule has 5 nitrogen and oxygen atoms in total. The summed E-state index contributed by atoms with van der Waals surface area (Å²) in [6.07, 6.45) is 1.22. The van der Waals surface area contributed by atoms with Crippen molar-refractivity contribution in [2.45, 2.75) is 45.3 Å². The molecule has 1 atom stereocenters. The van der Waals surface area contributed by atoms with E-state index in [4.69, 9.17) is 9.47 Å². The number of ether oxygens (including phenoxy) is 2. The highest BCUT2D eigenvalue weighted by molar-refractivity contribution is 5.85. The number of hydrogen-bond acceptors (Lipinski definition) is 4. The standard InChI is InChI=1S/C11H19NO4/c1-11(2,3)16-9(13)7-12-10(14)8-5-4-6-15-8/h8H,4-7H2,1-3H3,(H,12,14)/t8-/m0/s1. The Morgan fingerprint density at radius 1 is 1.44 bits per heavy atom. The van der Waals surface area contributed by atoms with E-state index >= 15 is 0 Å². The molecule has 0 radical (unpaired) electrons. The van der Waals surface area contributed by atoms with E-state index in [9.17, 15) is 9.59 Å². The maximum absolute atomic E-state index is 11.5. The van der Waals surface area contributed by atoms with Gasteiger partial charge < -0.3 is 14.8 Å². The first-order chi connectivity index (χ1) is 7.38.